The molecule has 1 aliphatic carbocycles. The summed E-state index contributed by atoms with van der Waals surface area (Å²) in [5, 5.41) is 25.7. The maximum atomic E-state index is 12.5. The van der Waals surface area contributed by atoms with Gasteiger partial charge in [-0.1, -0.05) is 41.2 Å². The van der Waals surface area contributed by atoms with Crippen LogP contribution in [0.2, 0.25) is 0 Å². The Morgan fingerprint density at radius 2 is 1.24 bits per heavy atom. The van der Waals surface area contributed by atoms with Gasteiger partial charge < -0.3 is 10.6 Å². The lowest BCUT2D eigenvalue weighted by Gasteiger charge is -2.25. The Kier molecular flexibility index (Phi) is 8.08. The third-order valence-electron chi connectivity index (χ3n) is 6.32. The number of anilines is 2. The molecule has 0 aromatic carbocycles. The lowest BCUT2D eigenvalue weighted by molar-refractivity contribution is -0.116. The van der Waals surface area contributed by atoms with E-state index < -0.39 is 0 Å². The average molecular weight is 549 g/mol. The Balaban J connectivity index is 1.15. The van der Waals surface area contributed by atoms with Gasteiger partial charge in [0.05, 0.1) is 12.8 Å². The highest BCUT2D eigenvalue weighted by atomic mass is 32.1. The van der Waals surface area contributed by atoms with Gasteiger partial charge in [0.2, 0.25) is 22.1 Å². The lowest BCUT2D eigenvalue weighted by Crippen LogP contribution is -2.15. The van der Waals surface area contributed by atoms with Gasteiger partial charge in [0.15, 0.2) is 0 Å². The van der Waals surface area contributed by atoms with E-state index in [1.807, 2.05) is 50.2 Å². The molecule has 2 N–H and O–H groups in total. The first-order valence-corrected chi connectivity index (χ1v) is 14.2. The zero-order chi connectivity index (χ0) is 26.5. The molecule has 4 aromatic heterocycles. The molecule has 0 radical (unpaired) electrons. The number of pyridine rings is 2. The summed E-state index contributed by atoms with van der Waals surface area (Å²) < 4.78 is 0. The van der Waals surface area contributed by atoms with E-state index in [2.05, 4.69) is 41.0 Å². The lowest BCUT2D eigenvalue weighted by atomic mass is 9.82. The van der Waals surface area contributed by atoms with Gasteiger partial charge in [-0.15, -0.1) is 20.4 Å². The van der Waals surface area contributed by atoms with Crippen LogP contribution in [0.4, 0.5) is 10.3 Å². The fourth-order valence-electron chi connectivity index (χ4n) is 4.59. The zero-order valence-corrected chi connectivity index (χ0v) is 22.8. The van der Waals surface area contributed by atoms with Crippen LogP contribution in [0.15, 0.2) is 36.4 Å². The maximum absolute atomic E-state index is 12.5. The van der Waals surface area contributed by atoms with Crippen molar-refractivity contribution in [3.05, 3.63) is 69.2 Å². The van der Waals surface area contributed by atoms with E-state index in [1.54, 1.807) is 0 Å². The van der Waals surface area contributed by atoms with Gasteiger partial charge in [0.1, 0.15) is 10.0 Å². The molecule has 12 heteroatoms. The van der Waals surface area contributed by atoms with Gasteiger partial charge in [-0.3, -0.25) is 19.6 Å². The van der Waals surface area contributed by atoms with Crippen molar-refractivity contribution in [2.45, 2.75) is 64.2 Å². The Labute approximate surface area is 228 Å². The summed E-state index contributed by atoms with van der Waals surface area (Å²) in [4.78, 5) is 33.7. The standard InChI is InChI=1S/C26H28N8O2S2/c1-15-6-3-10-19(27-15)13-21(35)29-25-33-31-23(37-25)17-8-5-9-18(12-17)24-32-34-26(38-24)30-22(36)14-20-11-4-7-16(2)28-20/h3-4,6-7,10-11,17-18H,5,8-9,12-14H2,1-2H3,(H,29,33,35)(H,30,34,36)/t17-,18-/m0/s1. The molecule has 10 nitrogen and oxygen atoms in total. The van der Waals surface area contributed by atoms with E-state index in [1.165, 1.54) is 22.7 Å². The zero-order valence-electron chi connectivity index (χ0n) is 21.2. The monoisotopic (exact) mass is 548 g/mol. The number of carbonyl (C=O) groups is 2. The first-order valence-electron chi connectivity index (χ1n) is 12.5. The summed E-state index contributed by atoms with van der Waals surface area (Å²) in [6, 6.07) is 11.3. The Morgan fingerprint density at radius 3 is 1.68 bits per heavy atom. The Bertz CT molecular complexity index is 1330. The molecule has 2 atom stereocenters. The molecule has 4 heterocycles. The molecule has 0 unspecified atom stereocenters. The van der Waals surface area contributed by atoms with Crippen LogP contribution in [0.1, 0.15) is 70.3 Å². The molecule has 0 bridgehead atoms. The number of nitrogens with one attached hydrogen (secondary N) is 2. The van der Waals surface area contributed by atoms with Crippen LogP contribution >= 0.6 is 22.7 Å². The smallest absolute Gasteiger partial charge is 0.232 e. The molecule has 0 saturated heterocycles. The summed E-state index contributed by atoms with van der Waals surface area (Å²) in [6.45, 7) is 3.80. The van der Waals surface area contributed by atoms with Crippen LogP contribution in [-0.2, 0) is 22.4 Å². The highest BCUT2D eigenvalue weighted by molar-refractivity contribution is 7.15. The van der Waals surface area contributed by atoms with Crippen molar-refractivity contribution < 1.29 is 9.59 Å². The van der Waals surface area contributed by atoms with Crippen LogP contribution in [-0.4, -0.2) is 42.2 Å². The van der Waals surface area contributed by atoms with E-state index in [0.29, 0.717) is 10.3 Å². The summed E-state index contributed by atoms with van der Waals surface area (Å²) in [5.41, 5.74) is 3.21. The Morgan fingerprint density at radius 1 is 0.763 bits per heavy atom. The summed E-state index contributed by atoms with van der Waals surface area (Å²) in [5.74, 6) is 0.164. The molecule has 2 amide bonds. The number of nitrogens with zero attached hydrogens (tertiary/aromatic N) is 6. The topological polar surface area (TPSA) is 136 Å². The van der Waals surface area contributed by atoms with Crippen molar-refractivity contribution >= 4 is 44.8 Å². The van der Waals surface area contributed by atoms with Crippen molar-refractivity contribution in [2.24, 2.45) is 0 Å². The molecule has 5 rings (SSSR count). The normalized spacial score (nSPS) is 17.2. The molecular weight excluding hydrogens is 520 g/mol. The number of aromatic nitrogens is 6. The molecule has 1 aliphatic rings. The minimum absolute atomic E-state index is 0.158. The summed E-state index contributed by atoms with van der Waals surface area (Å²) in [7, 11) is 0. The van der Waals surface area contributed by atoms with Crippen LogP contribution in [0, 0.1) is 13.8 Å². The van der Waals surface area contributed by atoms with Crippen LogP contribution < -0.4 is 10.6 Å². The number of hydrogen-bond acceptors (Lipinski definition) is 10. The fraction of sp³-hybridized carbons (Fsp3) is 0.385. The van der Waals surface area contributed by atoms with Crippen LogP contribution in [0.3, 0.4) is 0 Å². The third kappa shape index (κ3) is 6.81. The third-order valence-corrected chi connectivity index (χ3v) is 8.32. The van der Waals surface area contributed by atoms with Crippen LogP contribution in [0.25, 0.3) is 0 Å². The quantitative estimate of drug-likeness (QED) is 0.326. The molecule has 4 aromatic rings. The van der Waals surface area contributed by atoms with Gasteiger partial charge in [-0.05, 0) is 57.4 Å². The molecule has 196 valence electrons. The number of aryl methyl sites for hydroxylation is 2. The van der Waals surface area contributed by atoms with E-state index in [4.69, 9.17) is 0 Å². The number of rotatable bonds is 8. The maximum Gasteiger partial charge on any atom is 0.232 e. The van der Waals surface area contributed by atoms with E-state index in [-0.39, 0.29) is 36.5 Å². The second-order valence-electron chi connectivity index (χ2n) is 9.44. The highest BCUT2D eigenvalue weighted by Gasteiger charge is 2.29. The summed E-state index contributed by atoms with van der Waals surface area (Å²) >= 11 is 2.85. The highest BCUT2D eigenvalue weighted by Crippen LogP contribution is 2.43. The van der Waals surface area contributed by atoms with Gasteiger partial charge in [-0.2, -0.15) is 0 Å². The summed E-state index contributed by atoms with van der Waals surface area (Å²) in [6.07, 6.45) is 4.33. The SMILES string of the molecule is Cc1cccc(CC(=O)Nc2nnc([C@H]3CCC[C@H](c4nnc(NC(=O)Cc5cccc(C)n5)s4)C3)s2)n1. The van der Waals surface area contributed by atoms with Crippen molar-refractivity contribution in [3.8, 4) is 0 Å². The predicted octanol–water partition coefficient (Wildman–Crippen LogP) is 4.60. The van der Waals surface area contributed by atoms with E-state index in [9.17, 15) is 9.59 Å². The molecule has 0 spiro atoms. The Hall–Kier alpha value is -3.64. The van der Waals surface area contributed by atoms with E-state index in [0.717, 1.165) is 58.5 Å². The van der Waals surface area contributed by atoms with Gasteiger partial charge in [0.25, 0.3) is 0 Å². The van der Waals surface area contributed by atoms with Gasteiger partial charge >= 0.3 is 0 Å². The second-order valence-corrected chi connectivity index (χ2v) is 11.5. The molecule has 38 heavy (non-hydrogen) atoms. The average Bonchev–Trinajstić information content (AvgIpc) is 3.54. The van der Waals surface area contributed by atoms with Crippen molar-refractivity contribution in [1.29, 1.82) is 0 Å². The number of amides is 2. The van der Waals surface area contributed by atoms with Crippen molar-refractivity contribution in [3.63, 3.8) is 0 Å². The van der Waals surface area contributed by atoms with Crippen molar-refractivity contribution in [2.75, 3.05) is 10.6 Å². The molecule has 1 saturated carbocycles. The fourth-order valence-corrected chi connectivity index (χ4v) is 6.40. The molecule has 1 fully saturated rings. The van der Waals surface area contributed by atoms with E-state index >= 15 is 0 Å². The predicted molar refractivity (Wildman–Crippen MR) is 146 cm³/mol. The number of hydrogen-bond donors (Lipinski definition) is 2. The van der Waals surface area contributed by atoms with Crippen LogP contribution in [0.5, 0.6) is 0 Å². The molecular formula is C26H28N8O2S2. The second kappa shape index (κ2) is 11.8. The minimum Gasteiger partial charge on any atom is -0.300 e. The minimum atomic E-state index is -0.158. The first-order chi connectivity index (χ1) is 18.4. The first kappa shape index (κ1) is 26.0. The van der Waals surface area contributed by atoms with Crippen molar-refractivity contribution in [1.82, 2.24) is 30.4 Å². The largest absolute Gasteiger partial charge is 0.300 e. The van der Waals surface area contributed by atoms with Gasteiger partial charge in [-0.25, -0.2) is 0 Å². The molecule has 0 aliphatic heterocycles. The van der Waals surface area contributed by atoms with Gasteiger partial charge in [0, 0.05) is 34.6 Å². The number of carbonyl (C=O) groups excluding carboxylic acids is 2.